The van der Waals surface area contributed by atoms with Crippen LogP contribution in [0.4, 0.5) is 0 Å². The second kappa shape index (κ2) is 7.07. The van der Waals surface area contributed by atoms with Crippen LogP contribution in [0.5, 0.6) is 0 Å². The van der Waals surface area contributed by atoms with Crippen LogP contribution < -0.4 is 35.3 Å². The van der Waals surface area contributed by atoms with E-state index in [1.807, 2.05) is 0 Å². The van der Waals surface area contributed by atoms with Crippen LogP contribution in [0.1, 0.15) is 1.43 Å². The first-order valence-electron chi connectivity index (χ1n) is 1.55. The zero-order chi connectivity index (χ0) is 4.99. The molecule has 1 atom stereocenters. The Balaban J connectivity index is -0.000000125. The zero-order valence-electron chi connectivity index (χ0n) is 5.26. The van der Waals surface area contributed by atoms with Gasteiger partial charge in [0.05, 0.1) is 5.75 Å². The predicted octanol–water partition coefficient (Wildman–Crippen LogP) is -3.72. The molecule has 0 spiro atoms. The van der Waals surface area contributed by atoms with Crippen molar-refractivity contribution in [2.75, 3.05) is 12.3 Å². The van der Waals surface area contributed by atoms with Gasteiger partial charge in [-0.15, -0.1) is 0 Å². The molecule has 0 aromatic carbocycles. The Bertz CT molecular complexity index is 64.0. The summed E-state index contributed by atoms with van der Waals surface area (Å²) >= 11 is -1.69. The second-order valence-electron chi connectivity index (χ2n) is 0.814. The summed E-state index contributed by atoms with van der Waals surface area (Å²) in [6.07, 6.45) is 0. The Kier molecular flexibility index (Phi) is 11.1. The minimum Gasteiger partial charge on any atom is -1.00 e. The zero-order valence-corrected chi connectivity index (χ0v) is 7.07. The average molecular weight is 133 g/mol. The molecule has 0 bridgehead atoms. The molecule has 40 valence electrons. The van der Waals surface area contributed by atoms with E-state index in [0.717, 1.165) is 0 Å². The Hall–Kier alpha value is 1.07. The van der Waals surface area contributed by atoms with Crippen LogP contribution in [0, 0.1) is 0 Å². The molecule has 0 aromatic rings. The van der Waals surface area contributed by atoms with Crippen molar-refractivity contribution < 1.29 is 39.7 Å². The van der Waals surface area contributed by atoms with Crippen molar-refractivity contribution in [3.05, 3.63) is 0 Å². The molecule has 0 heterocycles. The third kappa shape index (κ3) is 11.0. The Morgan fingerprint density at radius 1 is 1.86 bits per heavy atom. The number of rotatable bonds is 2. The fraction of sp³-hybridized carbons (Fsp3) is 1.00. The van der Waals surface area contributed by atoms with Gasteiger partial charge in [0.15, 0.2) is 11.1 Å². The quantitative estimate of drug-likeness (QED) is 0.301. The maximum atomic E-state index is 9.63. The summed E-state index contributed by atoms with van der Waals surface area (Å²) < 4.78 is 17.6. The van der Waals surface area contributed by atoms with Crippen LogP contribution in [-0.4, -0.2) is 21.1 Å². The molecule has 0 aliphatic carbocycles. The molecule has 0 aromatic heterocycles. The Morgan fingerprint density at radius 2 is 2.29 bits per heavy atom. The molecular weight excluding hydrogens is 125 g/mol. The van der Waals surface area contributed by atoms with E-state index in [1.165, 1.54) is 0 Å². The van der Waals surface area contributed by atoms with E-state index >= 15 is 0 Å². The molecule has 0 saturated heterocycles. The van der Waals surface area contributed by atoms with Crippen LogP contribution in [0.2, 0.25) is 0 Å². The van der Waals surface area contributed by atoms with Crippen molar-refractivity contribution in [2.45, 2.75) is 0 Å². The molecule has 1 unspecified atom stereocenters. The van der Waals surface area contributed by atoms with Crippen LogP contribution in [0.25, 0.3) is 0 Å². The van der Waals surface area contributed by atoms with Crippen LogP contribution in [0.3, 0.4) is 0 Å². The maximum Gasteiger partial charge on any atom is 1.00 e. The Morgan fingerprint density at radius 3 is 2.29 bits per heavy atom. The van der Waals surface area contributed by atoms with Gasteiger partial charge in [-0.2, -0.15) is 0 Å². The number of nitrogens with two attached hydrogens (primary N) is 1. The van der Waals surface area contributed by atoms with Gasteiger partial charge in [-0.25, -0.2) is 4.21 Å². The molecule has 0 aliphatic rings. The summed E-state index contributed by atoms with van der Waals surface area (Å²) in [4.78, 5) is 0. The van der Waals surface area contributed by atoms with Gasteiger partial charge in [-0.05, 0) is 0 Å². The molecule has 5 heteroatoms. The van der Waals surface area contributed by atoms with Crippen LogP contribution >= 0.6 is 0 Å². The van der Waals surface area contributed by atoms with Crippen molar-refractivity contribution in [3.63, 3.8) is 0 Å². The SMILES string of the molecule is NCCS(=O)O.[H-].[Na+]. The van der Waals surface area contributed by atoms with Gasteiger partial charge in [0.25, 0.3) is 0 Å². The normalized spacial score (nSPS) is 12.3. The first-order chi connectivity index (χ1) is 2.77. The summed E-state index contributed by atoms with van der Waals surface area (Å²) in [6, 6.07) is 0. The third-order valence-electron chi connectivity index (χ3n) is 0.292. The van der Waals surface area contributed by atoms with Crippen molar-refractivity contribution >= 4 is 11.1 Å². The molecule has 0 rings (SSSR count). The molecular formula is C2H8NNaO2S. The first-order valence-corrected chi connectivity index (χ1v) is 2.82. The summed E-state index contributed by atoms with van der Waals surface area (Å²) in [5.41, 5.74) is 4.88. The van der Waals surface area contributed by atoms with Crippen molar-refractivity contribution in [3.8, 4) is 0 Å². The van der Waals surface area contributed by atoms with Gasteiger partial charge in [-0.1, -0.05) is 0 Å². The van der Waals surface area contributed by atoms with E-state index in [9.17, 15) is 4.21 Å². The van der Waals surface area contributed by atoms with E-state index in [4.69, 9.17) is 10.3 Å². The molecule has 0 radical (unpaired) electrons. The fourth-order valence-corrected chi connectivity index (χ4v) is 0.302. The molecule has 0 saturated carbocycles. The molecule has 3 nitrogen and oxygen atoms in total. The Labute approximate surface area is 68.7 Å². The monoisotopic (exact) mass is 133 g/mol. The number of hydrogen-bond acceptors (Lipinski definition) is 2. The van der Waals surface area contributed by atoms with E-state index < -0.39 is 11.1 Å². The van der Waals surface area contributed by atoms with Crippen LogP contribution in [0.15, 0.2) is 0 Å². The minimum absolute atomic E-state index is 0. The van der Waals surface area contributed by atoms with Gasteiger partial charge in [0, 0.05) is 6.54 Å². The van der Waals surface area contributed by atoms with Gasteiger partial charge in [0.2, 0.25) is 0 Å². The maximum absolute atomic E-state index is 9.63. The summed E-state index contributed by atoms with van der Waals surface area (Å²) in [5, 5.41) is 0. The fourth-order valence-electron chi connectivity index (χ4n) is 0.101. The van der Waals surface area contributed by atoms with Crippen molar-refractivity contribution in [2.24, 2.45) is 5.73 Å². The van der Waals surface area contributed by atoms with Gasteiger partial charge in [-0.3, -0.25) is 0 Å². The van der Waals surface area contributed by atoms with E-state index in [1.54, 1.807) is 0 Å². The van der Waals surface area contributed by atoms with Crippen LogP contribution in [-0.2, 0) is 11.1 Å². The molecule has 0 fully saturated rings. The topological polar surface area (TPSA) is 63.3 Å². The van der Waals surface area contributed by atoms with Gasteiger partial charge < -0.3 is 11.7 Å². The average Bonchev–Trinajstić information content (AvgIpc) is 1.35. The summed E-state index contributed by atoms with van der Waals surface area (Å²) in [5.74, 6) is 0.181. The standard InChI is InChI=1S/C2H7NO2S.Na.H/c3-1-2-6(4)5;;/h1-3H2,(H,4,5);;/q;+1;-1. The minimum atomic E-state index is -1.69. The number of hydrogen-bond donors (Lipinski definition) is 2. The molecule has 3 N–H and O–H groups in total. The smallest absolute Gasteiger partial charge is 1.00 e. The first kappa shape index (κ1) is 10.9. The van der Waals surface area contributed by atoms with Gasteiger partial charge >= 0.3 is 29.6 Å². The molecule has 7 heavy (non-hydrogen) atoms. The summed E-state index contributed by atoms with van der Waals surface area (Å²) in [6.45, 7) is 0.281. The van der Waals surface area contributed by atoms with Gasteiger partial charge in [0.1, 0.15) is 0 Å². The second-order valence-corrected chi connectivity index (χ2v) is 1.87. The predicted molar refractivity (Wildman–Crippen MR) is 25.8 cm³/mol. The van der Waals surface area contributed by atoms with Crippen molar-refractivity contribution in [1.29, 1.82) is 0 Å². The molecule has 0 aliphatic heterocycles. The van der Waals surface area contributed by atoms with Crippen molar-refractivity contribution in [1.82, 2.24) is 0 Å². The summed E-state index contributed by atoms with van der Waals surface area (Å²) in [7, 11) is 0. The van der Waals surface area contributed by atoms with E-state index in [0.29, 0.717) is 0 Å². The largest absolute Gasteiger partial charge is 1.00 e. The van der Waals surface area contributed by atoms with E-state index in [-0.39, 0.29) is 43.3 Å². The van der Waals surface area contributed by atoms with E-state index in [2.05, 4.69) is 0 Å². The third-order valence-corrected chi connectivity index (χ3v) is 0.877. The molecule has 0 amide bonds.